The van der Waals surface area contributed by atoms with Gasteiger partial charge in [-0.2, -0.15) is 0 Å². The summed E-state index contributed by atoms with van der Waals surface area (Å²) >= 11 is 0. The zero-order valence-electron chi connectivity index (χ0n) is 6.73. The average Bonchev–Trinajstić information content (AvgIpc) is 1.90. The molecule has 0 radical (unpaired) electrons. The summed E-state index contributed by atoms with van der Waals surface area (Å²) in [5.41, 5.74) is 0. The van der Waals surface area contributed by atoms with E-state index in [4.69, 9.17) is 9.79 Å². The summed E-state index contributed by atoms with van der Waals surface area (Å²) in [6.07, 6.45) is 0. The number of benzene rings is 1. The van der Waals surface area contributed by atoms with E-state index >= 15 is 0 Å². The summed E-state index contributed by atoms with van der Waals surface area (Å²) in [6.45, 7) is 0. The van der Waals surface area contributed by atoms with Crippen molar-refractivity contribution in [1.82, 2.24) is 0 Å². The first-order chi connectivity index (χ1) is 4.30. The summed E-state index contributed by atoms with van der Waals surface area (Å²) in [5, 5.41) is 0.590. The van der Waals surface area contributed by atoms with Crippen LogP contribution in [0.2, 0.25) is 0 Å². The summed E-state index contributed by atoms with van der Waals surface area (Å²) in [7, 11) is -1.90. The molecule has 1 aromatic carbocycles. The van der Waals surface area contributed by atoms with Crippen molar-refractivity contribution in [3.63, 3.8) is 0 Å². The van der Waals surface area contributed by atoms with E-state index in [9.17, 15) is 0 Å². The molecule has 2 N–H and O–H groups in total. The third kappa shape index (κ3) is 2.83. The van der Waals surface area contributed by atoms with E-state index in [0.717, 1.165) is 0 Å². The SMILES string of the molecule is OP(O)c1ccccc1.[H-].[Li+]. The van der Waals surface area contributed by atoms with Crippen molar-refractivity contribution in [3.05, 3.63) is 30.3 Å². The van der Waals surface area contributed by atoms with Crippen molar-refractivity contribution in [1.29, 1.82) is 0 Å². The molecule has 1 rings (SSSR count). The molecular weight excluding hydrogens is 142 g/mol. The topological polar surface area (TPSA) is 40.5 Å². The van der Waals surface area contributed by atoms with Crippen LogP contribution < -0.4 is 24.2 Å². The van der Waals surface area contributed by atoms with Gasteiger partial charge in [-0.1, -0.05) is 18.2 Å². The first-order valence-electron chi connectivity index (χ1n) is 2.53. The van der Waals surface area contributed by atoms with Gasteiger partial charge in [0.15, 0.2) is 8.38 Å². The molecule has 0 aliphatic carbocycles. The molecule has 0 heterocycles. The molecule has 10 heavy (non-hydrogen) atoms. The number of hydrogen-bond acceptors (Lipinski definition) is 2. The normalized spacial score (nSPS) is 9.10. The molecule has 50 valence electrons. The standard InChI is InChI=1S/C6H7O2P.Li.H/c7-9(8)6-4-2-1-3-5-6;;/h1-5,7-8H;;/q;+1;-1. The zero-order valence-corrected chi connectivity index (χ0v) is 6.62. The van der Waals surface area contributed by atoms with E-state index in [0.29, 0.717) is 5.30 Å². The van der Waals surface area contributed by atoms with Crippen LogP contribution in [0.25, 0.3) is 0 Å². The Morgan fingerprint density at radius 2 is 1.60 bits per heavy atom. The molecule has 0 bridgehead atoms. The summed E-state index contributed by atoms with van der Waals surface area (Å²) < 4.78 is 0. The van der Waals surface area contributed by atoms with E-state index in [1.165, 1.54) is 0 Å². The fourth-order valence-corrected chi connectivity index (χ4v) is 1.00. The Kier molecular flexibility index (Phi) is 4.99. The Hall–Kier alpha value is 0.167. The minimum absolute atomic E-state index is 0. The molecule has 0 aliphatic heterocycles. The van der Waals surface area contributed by atoms with Gasteiger partial charge in [0, 0.05) is 5.30 Å². The second kappa shape index (κ2) is 4.90. The molecule has 0 spiro atoms. The van der Waals surface area contributed by atoms with E-state index in [-0.39, 0.29) is 20.3 Å². The molecule has 4 heteroatoms. The van der Waals surface area contributed by atoms with Gasteiger partial charge in [0.2, 0.25) is 0 Å². The van der Waals surface area contributed by atoms with E-state index in [1.54, 1.807) is 24.3 Å². The Balaban J connectivity index is 0. The smallest absolute Gasteiger partial charge is 1.00 e. The van der Waals surface area contributed by atoms with Gasteiger partial charge >= 0.3 is 18.9 Å². The number of hydrogen-bond donors (Lipinski definition) is 2. The van der Waals surface area contributed by atoms with Gasteiger partial charge in [-0.25, -0.2) is 0 Å². The maximum absolute atomic E-state index is 8.64. The molecule has 0 saturated carbocycles. The molecule has 0 aliphatic rings. The maximum atomic E-state index is 8.64. The van der Waals surface area contributed by atoms with Gasteiger partial charge < -0.3 is 11.2 Å². The van der Waals surface area contributed by atoms with E-state index in [1.807, 2.05) is 6.07 Å². The summed E-state index contributed by atoms with van der Waals surface area (Å²) in [5.74, 6) is 0. The fourth-order valence-electron chi connectivity index (χ4n) is 0.561. The van der Waals surface area contributed by atoms with Crippen LogP contribution in [0.3, 0.4) is 0 Å². The van der Waals surface area contributed by atoms with Gasteiger partial charge in [-0.3, -0.25) is 0 Å². The van der Waals surface area contributed by atoms with Crippen molar-refractivity contribution >= 4 is 13.7 Å². The van der Waals surface area contributed by atoms with Crippen LogP contribution in [-0.4, -0.2) is 9.79 Å². The predicted molar refractivity (Wildman–Crippen MR) is 38.5 cm³/mol. The van der Waals surface area contributed by atoms with Crippen LogP contribution in [0.4, 0.5) is 0 Å². The second-order valence-electron chi connectivity index (χ2n) is 1.62. The minimum atomic E-state index is -1.90. The molecule has 0 saturated heterocycles. The van der Waals surface area contributed by atoms with Crippen LogP contribution in [0.1, 0.15) is 1.43 Å². The van der Waals surface area contributed by atoms with Crippen molar-refractivity contribution < 1.29 is 30.1 Å². The van der Waals surface area contributed by atoms with Crippen LogP contribution in [0.15, 0.2) is 30.3 Å². The van der Waals surface area contributed by atoms with Crippen molar-refractivity contribution in [3.8, 4) is 0 Å². The Morgan fingerprint density at radius 1 is 1.10 bits per heavy atom. The van der Waals surface area contributed by atoms with Crippen LogP contribution >= 0.6 is 8.38 Å². The van der Waals surface area contributed by atoms with Crippen LogP contribution in [-0.2, 0) is 0 Å². The van der Waals surface area contributed by atoms with Gasteiger partial charge in [-0.15, -0.1) is 0 Å². The van der Waals surface area contributed by atoms with Crippen molar-refractivity contribution in [2.24, 2.45) is 0 Å². The van der Waals surface area contributed by atoms with Crippen molar-refractivity contribution in [2.45, 2.75) is 0 Å². The first-order valence-corrected chi connectivity index (χ1v) is 3.78. The third-order valence-electron chi connectivity index (χ3n) is 0.987. The number of rotatable bonds is 1. The first kappa shape index (κ1) is 10.2. The monoisotopic (exact) mass is 150 g/mol. The van der Waals surface area contributed by atoms with Crippen LogP contribution in [0, 0.1) is 0 Å². The molecule has 1 aromatic rings. The third-order valence-corrected chi connectivity index (χ3v) is 1.75. The Morgan fingerprint density at radius 3 is 1.90 bits per heavy atom. The molecular formula is C6H8LiO2P. The molecule has 0 unspecified atom stereocenters. The van der Waals surface area contributed by atoms with Crippen LogP contribution in [0.5, 0.6) is 0 Å². The van der Waals surface area contributed by atoms with Gasteiger partial charge in [0.05, 0.1) is 0 Å². The maximum Gasteiger partial charge on any atom is 1.00 e. The predicted octanol–water partition coefficient (Wildman–Crippen LogP) is -2.28. The fraction of sp³-hybridized carbons (Fsp3) is 0. The quantitative estimate of drug-likeness (QED) is 0.350. The second-order valence-corrected chi connectivity index (χ2v) is 2.72. The van der Waals surface area contributed by atoms with Crippen molar-refractivity contribution in [2.75, 3.05) is 0 Å². The van der Waals surface area contributed by atoms with E-state index < -0.39 is 8.38 Å². The molecule has 0 amide bonds. The van der Waals surface area contributed by atoms with E-state index in [2.05, 4.69) is 0 Å². The molecule has 0 fully saturated rings. The zero-order chi connectivity index (χ0) is 6.69. The summed E-state index contributed by atoms with van der Waals surface area (Å²) in [4.78, 5) is 17.3. The molecule has 0 aromatic heterocycles. The Bertz CT molecular complexity index is 183. The summed E-state index contributed by atoms with van der Waals surface area (Å²) in [6, 6.07) is 8.76. The molecule has 0 atom stereocenters. The van der Waals surface area contributed by atoms with Gasteiger partial charge in [0.1, 0.15) is 0 Å². The largest absolute Gasteiger partial charge is 1.00 e. The molecule has 2 nitrogen and oxygen atoms in total. The van der Waals surface area contributed by atoms with Gasteiger partial charge in [-0.05, 0) is 12.1 Å². The van der Waals surface area contributed by atoms with Gasteiger partial charge in [0.25, 0.3) is 0 Å². The Labute approximate surface area is 74.5 Å². The minimum Gasteiger partial charge on any atom is -1.00 e. The average molecular weight is 150 g/mol.